The minimum atomic E-state index is -0.723. The summed E-state index contributed by atoms with van der Waals surface area (Å²) in [5, 5.41) is 2.58. The van der Waals surface area contributed by atoms with Crippen LogP contribution in [-0.2, 0) is 28.6 Å². The fourth-order valence-corrected chi connectivity index (χ4v) is 3.59. The predicted octanol–water partition coefficient (Wildman–Crippen LogP) is 3.35. The van der Waals surface area contributed by atoms with E-state index in [0.29, 0.717) is 29.1 Å². The third kappa shape index (κ3) is 7.63. The van der Waals surface area contributed by atoms with Gasteiger partial charge in [-0.05, 0) is 68.8 Å². The molecule has 3 rings (SSSR count). The zero-order valence-electron chi connectivity index (χ0n) is 21.0. The standard InChI is InChI=1S/C27H30N2O8/c1-4-13-35-25(32)18-5-9-21(10-6-18)28-23(30)16-36-26(33)20-14-24(31)29(15-20)22-11-7-19(8-12-22)27(34)37-17(2)3/h5-12,17,20H,4,13-16H2,1-3H3,(H,28,30)/t20-/m0/s1. The molecule has 10 heteroatoms. The van der Waals surface area contributed by atoms with E-state index in [4.69, 9.17) is 14.2 Å². The maximum atomic E-state index is 12.5. The molecule has 1 saturated heterocycles. The van der Waals surface area contributed by atoms with Crippen LogP contribution in [0.2, 0.25) is 0 Å². The van der Waals surface area contributed by atoms with E-state index in [1.165, 1.54) is 17.0 Å². The summed E-state index contributed by atoms with van der Waals surface area (Å²) < 4.78 is 15.3. The van der Waals surface area contributed by atoms with Crippen LogP contribution in [0.5, 0.6) is 0 Å². The molecule has 0 radical (unpaired) electrons. The van der Waals surface area contributed by atoms with E-state index in [-0.39, 0.29) is 25.0 Å². The predicted molar refractivity (Wildman–Crippen MR) is 134 cm³/mol. The molecule has 2 aromatic rings. The Labute approximate surface area is 214 Å². The summed E-state index contributed by atoms with van der Waals surface area (Å²) in [6.07, 6.45) is 0.422. The quantitative estimate of drug-likeness (QED) is 0.381. The zero-order valence-corrected chi connectivity index (χ0v) is 21.0. The fraction of sp³-hybridized carbons (Fsp3) is 0.370. The maximum Gasteiger partial charge on any atom is 0.338 e. The lowest BCUT2D eigenvalue weighted by Gasteiger charge is -2.17. The number of nitrogens with one attached hydrogen (secondary N) is 1. The number of nitrogens with zero attached hydrogens (tertiary/aromatic N) is 1. The van der Waals surface area contributed by atoms with Gasteiger partial charge in [0.15, 0.2) is 6.61 Å². The van der Waals surface area contributed by atoms with E-state index in [2.05, 4.69) is 5.32 Å². The number of ether oxygens (including phenoxy) is 3. The van der Waals surface area contributed by atoms with Crippen LogP contribution in [0, 0.1) is 5.92 Å². The smallest absolute Gasteiger partial charge is 0.338 e. The van der Waals surface area contributed by atoms with Crippen molar-refractivity contribution in [3.8, 4) is 0 Å². The molecule has 2 aromatic carbocycles. The van der Waals surface area contributed by atoms with Gasteiger partial charge in [-0.3, -0.25) is 14.4 Å². The minimum Gasteiger partial charge on any atom is -0.462 e. The third-order valence-electron chi connectivity index (χ3n) is 5.40. The van der Waals surface area contributed by atoms with Crippen LogP contribution in [0.3, 0.4) is 0 Å². The maximum absolute atomic E-state index is 12.5. The number of carbonyl (C=O) groups is 5. The molecule has 1 heterocycles. The van der Waals surface area contributed by atoms with Gasteiger partial charge in [0.2, 0.25) is 5.91 Å². The van der Waals surface area contributed by atoms with Gasteiger partial charge in [0, 0.05) is 24.3 Å². The molecule has 1 N–H and O–H groups in total. The van der Waals surface area contributed by atoms with Crippen molar-refractivity contribution >= 4 is 41.1 Å². The molecule has 1 fully saturated rings. The van der Waals surface area contributed by atoms with Crippen molar-refractivity contribution in [2.45, 2.75) is 39.7 Å². The largest absolute Gasteiger partial charge is 0.462 e. The lowest BCUT2D eigenvalue weighted by atomic mass is 10.1. The number of anilines is 2. The summed E-state index contributed by atoms with van der Waals surface area (Å²) in [7, 11) is 0. The Morgan fingerprint density at radius 2 is 1.57 bits per heavy atom. The number of rotatable bonds is 10. The van der Waals surface area contributed by atoms with Crippen LogP contribution < -0.4 is 10.2 Å². The topological polar surface area (TPSA) is 128 Å². The zero-order chi connectivity index (χ0) is 26.9. The van der Waals surface area contributed by atoms with Crippen LogP contribution in [0.15, 0.2) is 48.5 Å². The van der Waals surface area contributed by atoms with Gasteiger partial charge in [0.25, 0.3) is 5.91 Å². The van der Waals surface area contributed by atoms with Crippen molar-refractivity contribution in [1.82, 2.24) is 0 Å². The summed E-state index contributed by atoms with van der Waals surface area (Å²) in [6, 6.07) is 12.5. The van der Waals surface area contributed by atoms with E-state index in [1.54, 1.807) is 50.2 Å². The Kier molecular flexibility index (Phi) is 9.37. The van der Waals surface area contributed by atoms with Crippen molar-refractivity contribution in [3.63, 3.8) is 0 Å². The minimum absolute atomic E-state index is 0.0484. The van der Waals surface area contributed by atoms with Gasteiger partial charge in [-0.25, -0.2) is 9.59 Å². The molecular weight excluding hydrogens is 480 g/mol. The van der Waals surface area contributed by atoms with Gasteiger partial charge >= 0.3 is 17.9 Å². The highest BCUT2D eigenvalue weighted by atomic mass is 16.5. The van der Waals surface area contributed by atoms with E-state index in [0.717, 1.165) is 6.42 Å². The van der Waals surface area contributed by atoms with Crippen LogP contribution in [0.1, 0.15) is 54.3 Å². The summed E-state index contributed by atoms with van der Waals surface area (Å²) >= 11 is 0. The number of carbonyl (C=O) groups excluding carboxylic acids is 5. The van der Waals surface area contributed by atoms with Crippen molar-refractivity contribution in [3.05, 3.63) is 59.7 Å². The molecule has 196 valence electrons. The molecule has 0 spiro atoms. The first-order valence-corrected chi connectivity index (χ1v) is 12.0. The highest BCUT2D eigenvalue weighted by molar-refractivity contribution is 6.00. The van der Waals surface area contributed by atoms with Crippen LogP contribution in [0.4, 0.5) is 11.4 Å². The molecule has 1 aliphatic heterocycles. The first-order valence-electron chi connectivity index (χ1n) is 12.0. The second kappa shape index (κ2) is 12.7. The molecule has 37 heavy (non-hydrogen) atoms. The van der Waals surface area contributed by atoms with Gasteiger partial charge in [0.1, 0.15) is 0 Å². The van der Waals surface area contributed by atoms with Crippen LogP contribution >= 0.6 is 0 Å². The summed E-state index contributed by atoms with van der Waals surface area (Å²) in [5.74, 6) is -3.10. The third-order valence-corrected chi connectivity index (χ3v) is 5.40. The Balaban J connectivity index is 1.48. The first-order chi connectivity index (χ1) is 17.7. The van der Waals surface area contributed by atoms with E-state index >= 15 is 0 Å². The number of esters is 3. The van der Waals surface area contributed by atoms with Crippen molar-refractivity contribution in [1.29, 1.82) is 0 Å². The van der Waals surface area contributed by atoms with Crippen molar-refractivity contribution in [2.75, 3.05) is 30.0 Å². The summed E-state index contributed by atoms with van der Waals surface area (Å²) in [6.45, 7) is 5.31. The highest BCUT2D eigenvalue weighted by Gasteiger charge is 2.36. The number of benzene rings is 2. The summed E-state index contributed by atoms with van der Waals surface area (Å²) in [5.41, 5.74) is 1.69. The second-order valence-electron chi connectivity index (χ2n) is 8.78. The molecule has 0 aromatic heterocycles. The van der Waals surface area contributed by atoms with Gasteiger partial charge in [-0.1, -0.05) is 6.92 Å². The van der Waals surface area contributed by atoms with Gasteiger partial charge in [-0.2, -0.15) is 0 Å². The lowest BCUT2D eigenvalue weighted by Crippen LogP contribution is -2.28. The first kappa shape index (κ1) is 27.4. The Hall–Kier alpha value is -4.21. The molecule has 0 aliphatic carbocycles. The SMILES string of the molecule is CCCOC(=O)c1ccc(NC(=O)COC(=O)[C@H]2CC(=O)N(c3ccc(C(=O)OC(C)C)cc3)C2)cc1. The molecule has 0 unspecified atom stereocenters. The normalized spacial score (nSPS) is 14.9. The molecule has 0 bridgehead atoms. The highest BCUT2D eigenvalue weighted by Crippen LogP contribution is 2.26. The molecule has 2 amide bonds. The average Bonchev–Trinajstić information content (AvgIpc) is 3.27. The van der Waals surface area contributed by atoms with E-state index in [1.807, 2.05) is 6.92 Å². The fourth-order valence-electron chi connectivity index (χ4n) is 3.59. The van der Waals surface area contributed by atoms with Crippen LogP contribution in [-0.4, -0.2) is 55.6 Å². The Morgan fingerprint density at radius 1 is 0.946 bits per heavy atom. The average molecular weight is 511 g/mol. The number of hydrogen-bond acceptors (Lipinski definition) is 8. The molecule has 1 aliphatic rings. The monoisotopic (exact) mass is 510 g/mol. The second-order valence-corrected chi connectivity index (χ2v) is 8.78. The van der Waals surface area contributed by atoms with E-state index < -0.39 is 36.3 Å². The van der Waals surface area contributed by atoms with E-state index in [9.17, 15) is 24.0 Å². The number of amides is 2. The number of hydrogen-bond donors (Lipinski definition) is 1. The Morgan fingerprint density at radius 3 is 2.19 bits per heavy atom. The van der Waals surface area contributed by atoms with Crippen molar-refractivity contribution in [2.24, 2.45) is 5.92 Å². The molecule has 0 saturated carbocycles. The van der Waals surface area contributed by atoms with Crippen molar-refractivity contribution < 1.29 is 38.2 Å². The van der Waals surface area contributed by atoms with Crippen LogP contribution in [0.25, 0.3) is 0 Å². The Bertz CT molecular complexity index is 1140. The van der Waals surface area contributed by atoms with Gasteiger partial charge < -0.3 is 24.4 Å². The summed E-state index contributed by atoms with van der Waals surface area (Å²) in [4.78, 5) is 62.4. The molecule has 1 atom stereocenters. The van der Waals surface area contributed by atoms with Gasteiger partial charge in [-0.15, -0.1) is 0 Å². The lowest BCUT2D eigenvalue weighted by molar-refractivity contribution is -0.151. The van der Waals surface area contributed by atoms with Gasteiger partial charge in [0.05, 0.1) is 29.8 Å². The molecular formula is C27H30N2O8. The molecule has 10 nitrogen and oxygen atoms in total.